The van der Waals surface area contributed by atoms with Crippen molar-refractivity contribution in [1.82, 2.24) is 0 Å². The molecule has 70 heavy (non-hydrogen) atoms. The van der Waals surface area contributed by atoms with E-state index in [1.54, 1.807) is 0 Å². The van der Waals surface area contributed by atoms with Gasteiger partial charge in [-0.05, 0) is 77.0 Å². The first-order valence-corrected chi connectivity index (χ1v) is 26.5. The molecule has 4 unspecified atom stereocenters. The Labute approximate surface area is 419 Å². The van der Waals surface area contributed by atoms with Crippen LogP contribution in [0.2, 0.25) is 0 Å². The number of carbonyl (C=O) groups is 2. The van der Waals surface area contributed by atoms with Crippen molar-refractivity contribution in [3.05, 3.63) is 72.9 Å². The van der Waals surface area contributed by atoms with Gasteiger partial charge in [0.1, 0.15) is 55.4 Å². The monoisotopic (exact) mass is 993 g/mol. The molecule has 0 aromatic carbocycles. The number of allylic oxidation sites excluding steroid dienone is 12. The molecule has 7 N–H and O–H groups in total. The van der Waals surface area contributed by atoms with Crippen molar-refractivity contribution in [2.75, 3.05) is 26.4 Å². The number of aliphatic hydroxyl groups is 7. The summed E-state index contributed by atoms with van der Waals surface area (Å²) in [6.07, 6.45) is 32.2. The highest BCUT2D eigenvalue weighted by molar-refractivity contribution is 5.70. The van der Waals surface area contributed by atoms with E-state index in [1.807, 2.05) is 12.2 Å². The van der Waals surface area contributed by atoms with E-state index < -0.39 is 99.3 Å². The average Bonchev–Trinajstić information content (AvgIpc) is 3.35. The fourth-order valence-electron chi connectivity index (χ4n) is 7.78. The van der Waals surface area contributed by atoms with E-state index in [4.69, 9.17) is 28.4 Å². The van der Waals surface area contributed by atoms with Crippen LogP contribution in [0.5, 0.6) is 0 Å². The number of ether oxygens (including phenoxy) is 6. The van der Waals surface area contributed by atoms with E-state index in [2.05, 4.69) is 74.6 Å². The molecule has 0 aromatic heterocycles. The summed E-state index contributed by atoms with van der Waals surface area (Å²) >= 11 is 0. The summed E-state index contributed by atoms with van der Waals surface area (Å²) in [6, 6.07) is 0. The highest BCUT2D eigenvalue weighted by atomic mass is 16.7. The fraction of sp³-hybridized carbons (Fsp3) is 0.745. The third kappa shape index (κ3) is 28.8. The molecule has 0 aromatic rings. The van der Waals surface area contributed by atoms with Crippen LogP contribution in [0, 0.1) is 0 Å². The van der Waals surface area contributed by atoms with E-state index in [0.29, 0.717) is 12.8 Å². The van der Waals surface area contributed by atoms with Crippen LogP contribution >= 0.6 is 0 Å². The molecule has 0 spiro atoms. The fourth-order valence-corrected chi connectivity index (χ4v) is 7.78. The van der Waals surface area contributed by atoms with E-state index >= 15 is 0 Å². The minimum absolute atomic E-state index is 0.0904. The van der Waals surface area contributed by atoms with Crippen molar-refractivity contribution < 1.29 is 73.8 Å². The van der Waals surface area contributed by atoms with Crippen LogP contribution in [-0.2, 0) is 38.0 Å². The van der Waals surface area contributed by atoms with Gasteiger partial charge in [-0.3, -0.25) is 9.59 Å². The van der Waals surface area contributed by atoms with Gasteiger partial charge < -0.3 is 64.2 Å². The van der Waals surface area contributed by atoms with Gasteiger partial charge >= 0.3 is 11.9 Å². The lowest BCUT2D eigenvalue weighted by Gasteiger charge is -2.42. The van der Waals surface area contributed by atoms with Crippen LogP contribution in [0.15, 0.2) is 72.9 Å². The third-order valence-electron chi connectivity index (χ3n) is 12.2. The second-order valence-electron chi connectivity index (χ2n) is 18.3. The number of aliphatic hydroxyl groups excluding tert-OH is 7. The topological polar surface area (TPSA) is 231 Å². The highest BCUT2D eigenvalue weighted by Crippen LogP contribution is 2.26. The molecule has 0 aliphatic carbocycles. The van der Waals surface area contributed by atoms with Gasteiger partial charge in [0.15, 0.2) is 18.7 Å². The van der Waals surface area contributed by atoms with Gasteiger partial charge in [-0.2, -0.15) is 0 Å². The normalized spacial score (nSPS) is 26.0. The zero-order chi connectivity index (χ0) is 51.0. The quantitative estimate of drug-likeness (QED) is 0.0176. The van der Waals surface area contributed by atoms with Gasteiger partial charge in [-0.25, -0.2) is 0 Å². The van der Waals surface area contributed by atoms with Gasteiger partial charge in [-0.1, -0.05) is 151 Å². The maximum Gasteiger partial charge on any atom is 0.306 e. The zero-order valence-electron chi connectivity index (χ0n) is 42.5. The molecule has 0 bridgehead atoms. The van der Waals surface area contributed by atoms with Gasteiger partial charge in [0.25, 0.3) is 0 Å². The molecular formula is C55H92O15. The third-order valence-corrected chi connectivity index (χ3v) is 12.2. The lowest BCUT2D eigenvalue weighted by atomic mass is 9.98. The summed E-state index contributed by atoms with van der Waals surface area (Å²) in [7, 11) is 0. The molecular weight excluding hydrogens is 901 g/mol. The maximum atomic E-state index is 13.0. The minimum Gasteiger partial charge on any atom is -0.462 e. The predicted octanol–water partition coefficient (Wildman–Crippen LogP) is 7.82. The van der Waals surface area contributed by atoms with Crippen molar-refractivity contribution in [2.24, 2.45) is 0 Å². The SMILES string of the molecule is CCCCC/C=C/C/C=C/C/C=C/C/C=C/C/C=C/CCC(=O)OC[C@@H](CO[C@@H]1O[C@H](CO[C@@H]2O[C@H](CO)[C@H](O)C(O)C2O)[C@H](O)C(O)C1O)OC(=O)CCCCCCCCC/C=C/CCCCCC. The minimum atomic E-state index is -1.78. The first kappa shape index (κ1) is 63.1. The van der Waals surface area contributed by atoms with Crippen molar-refractivity contribution in [3.8, 4) is 0 Å². The van der Waals surface area contributed by atoms with Crippen molar-refractivity contribution in [2.45, 2.75) is 235 Å². The van der Waals surface area contributed by atoms with Crippen molar-refractivity contribution in [3.63, 3.8) is 0 Å². The van der Waals surface area contributed by atoms with Crippen molar-refractivity contribution >= 4 is 11.9 Å². The molecule has 0 amide bonds. The summed E-state index contributed by atoms with van der Waals surface area (Å²) < 4.78 is 33.5. The number of hydrogen-bond acceptors (Lipinski definition) is 15. The van der Waals surface area contributed by atoms with Crippen LogP contribution in [0.3, 0.4) is 0 Å². The van der Waals surface area contributed by atoms with E-state index in [-0.39, 0.29) is 19.4 Å². The summed E-state index contributed by atoms with van der Waals surface area (Å²) in [5.74, 6) is -1.03. The van der Waals surface area contributed by atoms with Gasteiger partial charge in [-0.15, -0.1) is 0 Å². The van der Waals surface area contributed by atoms with Crippen LogP contribution in [0.25, 0.3) is 0 Å². The van der Waals surface area contributed by atoms with Crippen LogP contribution in [0.4, 0.5) is 0 Å². The Bertz CT molecular complexity index is 1490. The van der Waals surface area contributed by atoms with Crippen molar-refractivity contribution in [1.29, 1.82) is 0 Å². The molecule has 15 heteroatoms. The second kappa shape index (κ2) is 41.4. The number of carbonyl (C=O) groups excluding carboxylic acids is 2. The Morgan fingerprint density at radius 2 is 0.886 bits per heavy atom. The van der Waals surface area contributed by atoms with Gasteiger partial charge in [0, 0.05) is 12.8 Å². The summed E-state index contributed by atoms with van der Waals surface area (Å²) in [5.41, 5.74) is 0. The molecule has 15 nitrogen and oxygen atoms in total. The van der Waals surface area contributed by atoms with E-state index in [0.717, 1.165) is 70.6 Å². The number of rotatable bonds is 40. The van der Waals surface area contributed by atoms with Gasteiger partial charge in [0.05, 0.1) is 19.8 Å². The predicted molar refractivity (Wildman–Crippen MR) is 270 cm³/mol. The molecule has 2 fully saturated rings. The molecule has 2 saturated heterocycles. The molecule has 2 heterocycles. The molecule has 2 aliphatic heterocycles. The second-order valence-corrected chi connectivity index (χ2v) is 18.3. The first-order valence-electron chi connectivity index (χ1n) is 26.5. The Morgan fingerprint density at radius 3 is 1.44 bits per heavy atom. The summed E-state index contributed by atoms with van der Waals surface area (Å²) in [6.45, 7) is 2.46. The number of esters is 2. The summed E-state index contributed by atoms with van der Waals surface area (Å²) in [4.78, 5) is 25.8. The van der Waals surface area contributed by atoms with Gasteiger partial charge in [0.2, 0.25) is 0 Å². The highest BCUT2D eigenvalue weighted by Gasteiger charge is 2.47. The molecule has 2 rings (SSSR count). The molecule has 402 valence electrons. The van der Waals surface area contributed by atoms with Crippen LogP contribution < -0.4 is 0 Å². The first-order chi connectivity index (χ1) is 34.0. The number of hydrogen-bond donors (Lipinski definition) is 7. The average molecular weight is 993 g/mol. The van der Waals surface area contributed by atoms with Crippen LogP contribution in [0.1, 0.15) is 168 Å². The molecule has 2 aliphatic rings. The van der Waals surface area contributed by atoms with Crippen LogP contribution in [-0.4, -0.2) is 142 Å². The number of unbranched alkanes of at least 4 members (excludes halogenated alkanes) is 14. The molecule has 0 radical (unpaired) electrons. The van der Waals surface area contributed by atoms with E-state index in [1.165, 1.54) is 57.8 Å². The smallest absolute Gasteiger partial charge is 0.306 e. The summed E-state index contributed by atoms with van der Waals surface area (Å²) in [5, 5.41) is 72.1. The maximum absolute atomic E-state index is 13.0. The lowest BCUT2D eigenvalue weighted by Crippen LogP contribution is -2.61. The largest absolute Gasteiger partial charge is 0.462 e. The zero-order valence-corrected chi connectivity index (χ0v) is 42.5. The molecule has 11 atom stereocenters. The van der Waals surface area contributed by atoms with E-state index in [9.17, 15) is 45.3 Å². The Kier molecular flexibility index (Phi) is 37.3. The Balaban J connectivity index is 1.84. The lowest BCUT2D eigenvalue weighted by molar-refractivity contribution is -0.332. The molecule has 0 saturated carbocycles. The standard InChI is InChI=1S/C55H92O15/c1-3-5-7-9-11-13-15-17-19-20-21-22-24-25-27-29-31-33-35-37-46(57)65-40-43(68-47(58)38-36-34-32-30-28-26-23-18-16-14-12-10-8-6-4-2)41-66-54-53(64)51(62)49(60)45(70-54)42-67-55-52(63)50(61)48(59)44(39-56)69-55/h11,13-14,16-17,19,21-22,25,27,31,33,43-45,48-56,59-64H,3-10,12,15,18,20,23-24,26,28-30,32,34-42H2,1-2H3/b13-11+,16-14+,19-17+,22-21+,27-25+,33-31+/t43-,44+,45+,48-,49-,50?,51?,52?,53?,54+,55+/m0/s1. The Hall–Kier alpha value is -3.06. The Morgan fingerprint density at radius 1 is 0.457 bits per heavy atom.